The molecule has 0 saturated heterocycles. The molecule has 0 spiro atoms. The van der Waals surface area contributed by atoms with Crippen molar-refractivity contribution in [1.29, 1.82) is 0 Å². The second-order valence-corrected chi connectivity index (χ2v) is 4.01. The molecule has 0 aliphatic rings. The van der Waals surface area contributed by atoms with Crippen molar-refractivity contribution in [2.75, 3.05) is 11.9 Å². The Morgan fingerprint density at radius 3 is 2.68 bits per heavy atom. The quantitative estimate of drug-likeness (QED) is 0.659. The fourth-order valence-electron chi connectivity index (χ4n) is 1.30. The molecule has 0 saturated carbocycles. The van der Waals surface area contributed by atoms with E-state index < -0.39 is 30.5 Å². The number of urea groups is 1. The summed E-state index contributed by atoms with van der Waals surface area (Å²) in [5.74, 6) is -2.11. The molecule has 1 rings (SSSR count). The van der Waals surface area contributed by atoms with Gasteiger partial charge in [0.15, 0.2) is 5.82 Å². The van der Waals surface area contributed by atoms with E-state index in [1.807, 2.05) is 0 Å². The molecule has 0 heterocycles. The molecule has 8 heteroatoms. The van der Waals surface area contributed by atoms with Crippen molar-refractivity contribution in [2.45, 2.75) is 12.5 Å². The Kier molecular flexibility index (Phi) is 5.53. The lowest BCUT2D eigenvalue weighted by Gasteiger charge is -2.14. The first-order valence-corrected chi connectivity index (χ1v) is 5.68. The van der Waals surface area contributed by atoms with Crippen LogP contribution in [-0.2, 0) is 4.79 Å². The third kappa shape index (κ3) is 4.38. The van der Waals surface area contributed by atoms with E-state index in [-0.39, 0.29) is 17.1 Å². The van der Waals surface area contributed by atoms with Gasteiger partial charge in [-0.1, -0.05) is 17.7 Å². The smallest absolute Gasteiger partial charge is 0.326 e. The maximum atomic E-state index is 13.5. The molecule has 0 unspecified atom stereocenters. The van der Waals surface area contributed by atoms with Crippen LogP contribution in [0.5, 0.6) is 0 Å². The van der Waals surface area contributed by atoms with Gasteiger partial charge < -0.3 is 20.8 Å². The van der Waals surface area contributed by atoms with Gasteiger partial charge in [-0.05, 0) is 12.1 Å². The van der Waals surface area contributed by atoms with E-state index in [2.05, 4.69) is 10.6 Å². The number of aliphatic carboxylic acids is 1. The fourth-order valence-corrected chi connectivity index (χ4v) is 1.48. The van der Waals surface area contributed by atoms with E-state index >= 15 is 0 Å². The summed E-state index contributed by atoms with van der Waals surface area (Å²) >= 11 is 5.53. The molecule has 2 amide bonds. The number of anilines is 1. The van der Waals surface area contributed by atoms with Gasteiger partial charge >= 0.3 is 12.0 Å². The minimum Gasteiger partial charge on any atom is -0.480 e. The lowest BCUT2D eigenvalue weighted by Crippen LogP contribution is -2.43. The summed E-state index contributed by atoms with van der Waals surface area (Å²) in [7, 11) is 0. The molecule has 1 aromatic rings. The highest BCUT2D eigenvalue weighted by molar-refractivity contribution is 6.31. The SMILES string of the molecule is O=C(Nc1cccc(Cl)c1F)N[C@H](CCO)C(=O)O. The van der Waals surface area contributed by atoms with E-state index in [0.717, 1.165) is 0 Å². The molecule has 0 radical (unpaired) electrons. The molecular formula is C11H12ClFN2O4. The van der Waals surface area contributed by atoms with Gasteiger partial charge in [-0.15, -0.1) is 0 Å². The zero-order chi connectivity index (χ0) is 14.4. The van der Waals surface area contributed by atoms with Crippen LogP contribution >= 0.6 is 11.6 Å². The van der Waals surface area contributed by atoms with Gasteiger partial charge in [0.1, 0.15) is 6.04 Å². The van der Waals surface area contributed by atoms with Crippen LogP contribution in [0.2, 0.25) is 5.02 Å². The number of hydrogen-bond acceptors (Lipinski definition) is 3. The first kappa shape index (κ1) is 15.2. The molecule has 19 heavy (non-hydrogen) atoms. The molecule has 0 aliphatic heterocycles. The number of aliphatic hydroxyl groups is 1. The summed E-state index contributed by atoms with van der Waals surface area (Å²) in [6.45, 7) is -0.400. The van der Waals surface area contributed by atoms with Gasteiger partial charge in [0.25, 0.3) is 0 Å². The second kappa shape index (κ2) is 6.91. The topological polar surface area (TPSA) is 98.7 Å². The zero-order valence-corrected chi connectivity index (χ0v) is 10.4. The van der Waals surface area contributed by atoms with Crippen molar-refractivity contribution in [3.8, 4) is 0 Å². The molecule has 1 aromatic carbocycles. The Morgan fingerprint density at radius 2 is 2.11 bits per heavy atom. The largest absolute Gasteiger partial charge is 0.480 e. The number of amides is 2. The highest BCUT2D eigenvalue weighted by Crippen LogP contribution is 2.21. The molecule has 0 fully saturated rings. The average Bonchev–Trinajstić information content (AvgIpc) is 2.34. The van der Waals surface area contributed by atoms with Gasteiger partial charge in [-0.3, -0.25) is 0 Å². The lowest BCUT2D eigenvalue weighted by atomic mass is 10.2. The Morgan fingerprint density at radius 1 is 1.42 bits per heavy atom. The number of carbonyl (C=O) groups is 2. The Bertz CT molecular complexity index is 484. The minimum absolute atomic E-state index is 0.152. The number of rotatable bonds is 5. The molecular weight excluding hydrogens is 279 g/mol. The molecule has 0 bridgehead atoms. The van der Waals surface area contributed by atoms with Crippen LogP contribution in [0, 0.1) is 5.82 Å². The van der Waals surface area contributed by atoms with E-state index in [0.29, 0.717) is 0 Å². The maximum Gasteiger partial charge on any atom is 0.326 e. The Hall–Kier alpha value is -1.86. The molecule has 0 aliphatic carbocycles. The summed E-state index contributed by atoms with van der Waals surface area (Å²) in [5, 5.41) is 21.5. The number of hydrogen-bond donors (Lipinski definition) is 4. The summed E-state index contributed by atoms with van der Waals surface area (Å²) in [4.78, 5) is 22.2. The number of benzene rings is 1. The van der Waals surface area contributed by atoms with Crippen LogP contribution in [0.3, 0.4) is 0 Å². The molecule has 4 N–H and O–H groups in total. The van der Waals surface area contributed by atoms with E-state index in [4.69, 9.17) is 21.8 Å². The Labute approximate surface area is 113 Å². The number of carbonyl (C=O) groups excluding carboxylic acids is 1. The number of halogens is 2. The van der Waals surface area contributed by atoms with Gasteiger partial charge in [0, 0.05) is 13.0 Å². The number of aliphatic hydroxyl groups excluding tert-OH is 1. The highest BCUT2D eigenvalue weighted by Gasteiger charge is 2.19. The van der Waals surface area contributed by atoms with Gasteiger partial charge in [0.2, 0.25) is 0 Å². The van der Waals surface area contributed by atoms with Crippen LogP contribution in [0.4, 0.5) is 14.9 Å². The molecule has 6 nitrogen and oxygen atoms in total. The van der Waals surface area contributed by atoms with E-state index in [9.17, 15) is 14.0 Å². The van der Waals surface area contributed by atoms with E-state index in [1.54, 1.807) is 0 Å². The van der Waals surface area contributed by atoms with Crippen LogP contribution in [-0.4, -0.2) is 34.9 Å². The predicted molar refractivity (Wildman–Crippen MR) is 66.7 cm³/mol. The number of carboxylic acids is 1. The van der Waals surface area contributed by atoms with Crippen molar-refractivity contribution in [2.24, 2.45) is 0 Å². The van der Waals surface area contributed by atoms with Crippen molar-refractivity contribution in [1.82, 2.24) is 5.32 Å². The van der Waals surface area contributed by atoms with Crippen LogP contribution in [0.1, 0.15) is 6.42 Å². The number of carboxylic acid groups (broad SMARTS) is 1. The standard InChI is InChI=1S/C11H12ClFN2O4/c12-6-2-1-3-7(9(6)13)14-11(19)15-8(4-5-16)10(17)18/h1-3,8,16H,4-5H2,(H,17,18)(H2,14,15,19)/t8-/m1/s1. The average molecular weight is 291 g/mol. The van der Waals surface area contributed by atoms with Crippen LogP contribution in [0.15, 0.2) is 18.2 Å². The predicted octanol–water partition coefficient (Wildman–Crippen LogP) is 1.44. The molecule has 1 atom stereocenters. The Balaban J connectivity index is 2.69. The minimum atomic E-state index is -1.30. The van der Waals surface area contributed by atoms with Gasteiger partial charge in [0.05, 0.1) is 10.7 Å². The highest BCUT2D eigenvalue weighted by atomic mass is 35.5. The number of nitrogens with one attached hydrogen (secondary N) is 2. The normalized spacial score (nSPS) is 11.7. The van der Waals surface area contributed by atoms with Crippen molar-refractivity contribution >= 4 is 29.3 Å². The molecule has 0 aromatic heterocycles. The third-order valence-corrected chi connectivity index (χ3v) is 2.51. The van der Waals surface area contributed by atoms with Crippen molar-refractivity contribution in [3.05, 3.63) is 29.0 Å². The van der Waals surface area contributed by atoms with Gasteiger partial charge in [-0.2, -0.15) is 0 Å². The lowest BCUT2D eigenvalue weighted by molar-refractivity contribution is -0.139. The van der Waals surface area contributed by atoms with E-state index in [1.165, 1.54) is 18.2 Å². The first-order valence-electron chi connectivity index (χ1n) is 5.31. The third-order valence-electron chi connectivity index (χ3n) is 2.22. The van der Waals surface area contributed by atoms with Crippen LogP contribution in [0.25, 0.3) is 0 Å². The monoisotopic (exact) mass is 290 g/mol. The summed E-state index contributed by atoms with van der Waals surface area (Å²) in [6, 6.07) is 1.87. The first-order chi connectivity index (χ1) is 8.95. The fraction of sp³-hybridized carbons (Fsp3) is 0.273. The second-order valence-electron chi connectivity index (χ2n) is 3.60. The van der Waals surface area contributed by atoms with Crippen LogP contribution < -0.4 is 10.6 Å². The molecule has 104 valence electrons. The zero-order valence-electron chi connectivity index (χ0n) is 9.69. The van der Waals surface area contributed by atoms with Crippen molar-refractivity contribution < 1.29 is 24.2 Å². The van der Waals surface area contributed by atoms with Gasteiger partial charge in [-0.25, -0.2) is 14.0 Å². The summed E-state index contributed by atoms with van der Waals surface area (Å²) in [6.07, 6.45) is -0.152. The van der Waals surface area contributed by atoms with Crippen molar-refractivity contribution in [3.63, 3.8) is 0 Å². The maximum absolute atomic E-state index is 13.5. The summed E-state index contributed by atoms with van der Waals surface area (Å²) < 4.78 is 13.5. The summed E-state index contributed by atoms with van der Waals surface area (Å²) in [5.41, 5.74) is -0.168.